The number of carboxylic acid groups (broad SMARTS) is 1. The number of hydrogen-bond donors (Lipinski definition) is 1. The first kappa shape index (κ1) is 32.5. The van der Waals surface area contributed by atoms with Gasteiger partial charge in [-0.25, -0.2) is 4.21 Å². The summed E-state index contributed by atoms with van der Waals surface area (Å²) in [4.78, 5) is 16.3. The van der Waals surface area contributed by atoms with Gasteiger partial charge in [-0.05, 0) is 90.3 Å². The predicted molar refractivity (Wildman–Crippen MR) is 167 cm³/mol. The molecule has 0 bridgehead atoms. The first-order valence-electron chi connectivity index (χ1n) is 13.7. The average molecular weight is 553 g/mol. The van der Waals surface area contributed by atoms with Crippen LogP contribution in [-0.2, 0) is 22.2 Å². The Morgan fingerprint density at radius 3 is 2.26 bits per heavy atom. The van der Waals surface area contributed by atoms with E-state index in [9.17, 15) is 14.1 Å². The maximum absolute atomic E-state index is 12.9. The largest absolute Gasteiger partial charge is 0.481 e. The van der Waals surface area contributed by atoms with Gasteiger partial charge in [0.05, 0.1) is 18.2 Å². The Kier molecular flexibility index (Phi) is 10.5. The smallest absolute Gasteiger partial charge is 0.307 e. The number of nitrogens with zero attached hydrogens (tertiary/aromatic N) is 2. The van der Waals surface area contributed by atoms with Crippen LogP contribution in [0.1, 0.15) is 102 Å². The Morgan fingerprint density at radius 2 is 1.77 bits per heavy atom. The number of pyridine rings is 1. The van der Waals surface area contributed by atoms with Crippen LogP contribution in [0.3, 0.4) is 0 Å². The fourth-order valence-corrected chi connectivity index (χ4v) is 6.46. The Bertz CT molecular complexity index is 1260. The van der Waals surface area contributed by atoms with E-state index >= 15 is 0 Å². The zero-order valence-corrected chi connectivity index (χ0v) is 26.5. The summed E-state index contributed by atoms with van der Waals surface area (Å²) in [6.07, 6.45) is 10.6. The monoisotopic (exact) mass is 552 g/mol. The molecular formula is C33H48N2O3S. The maximum atomic E-state index is 12.9. The molecular weight excluding hydrogens is 504 g/mol. The predicted octanol–water partition coefficient (Wildman–Crippen LogP) is 8.62. The summed E-state index contributed by atoms with van der Waals surface area (Å²) in [6, 6.07) is 1.91. The van der Waals surface area contributed by atoms with Crippen LogP contribution in [0, 0.1) is 24.7 Å². The third-order valence-corrected chi connectivity index (χ3v) is 8.19. The molecule has 0 radical (unpaired) electrons. The molecule has 1 aliphatic heterocycles. The van der Waals surface area contributed by atoms with Crippen LogP contribution in [0.25, 0.3) is 16.7 Å². The average Bonchev–Trinajstić information content (AvgIpc) is 2.83. The van der Waals surface area contributed by atoms with Gasteiger partial charge in [0.2, 0.25) is 0 Å². The molecule has 1 aromatic carbocycles. The Balaban J connectivity index is 0.000000686. The van der Waals surface area contributed by atoms with Crippen LogP contribution in [-0.4, -0.2) is 26.5 Å². The van der Waals surface area contributed by atoms with Gasteiger partial charge in [-0.15, -0.1) is 13.2 Å². The van der Waals surface area contributed by atoms with Crippen LogP contribution in [0.4, 0.5) is 5.69 Å². The van der Waals surface area contributed by atoms with E-state index in [1.807, 2.05) is 23.5 Å². The van der Waals surface area contributed by atoms with Gasteiger partial charge in [-0.1, -0.05) is 47.6 Å². The quantitative estimate of drug-likeness (QED) is 0.386. The number of fused-ring (bicyclic) bond motifs is 3. The van der Waals surface area contributed by atoms with Gasteiger partial charge in [0.25, 0.3) is 0 Å². The van der Waals surface area contributed by atoms with E-state index in [4.69, 9.17) is 0 Å². The SMILES string of the molecule is C=C.CC(C)(C)C.Cc1c(C2=CCC(C)(C)CC2)c(CC(=O)O)c(C)c2c1-c1cnccc1[C@@H](C)N2S(C)=O. The minimum absolute atomic E-state index is 0.0471. The van der Waals surface area contributed by atoms with Crippen LogP contribution < -0.4 is 4.31 Å². The van der Waals surface area contributed by atoms with Gasteiger partial charge in [0.1, 0.15) is 11.0 Å². The number of benzene rings is 1. The van der Waals surface area contributed by atoms with E-state index in [1.165, 1.54) is 5.57 Å². The molecule has 0 saturated heterocycles. The highest BCUT2D eigenvalue weighted by Gasteiger charge is 2.36. The van der Waals surface area contributed by atoms with Gasteiger partial charge >= 0.3 is 5.97 Å². The Hall–Kier alpha value is -2.73. The number of aromatic nitrogens is 1. The highest BCUT2D eigenvalue weighted by Crippen LogP contribution is 2.52. The van der Waals surface area contributed by atoms with Crippen molar-refractivity contribution in [2.45, 2.75) is 94.0 Å². The summed E-state index contributed by atoms with van der Waals surface area (Å²) >= 11 is 0. The van der Waals surface area contributed by atoms with Crippen molar-refractivity contribution >= 4 is 28.2 Å². The molecule has 0 amide bonds. The molecule has 2 aliphatic rings. The van der Waals surface area contributed by atoms with Crippen LogP contribution in [0.5, 0.6) is 0 Å². The number of carboxylic acids is 1. The summed E-state index contributed by atoms with van der Waals surface area (Å²) in [5.41, 5.74) is 9.93. The van der Waals surface area contributed by atoms with E-state index < -0.39 is 17.0 Å². The molecule has 0 fully saturated rings. The molecule has 214 valence electrons. The molecule has 39 heavy (non-hydrogen) atoms. The second-order valence-electron chi connectivity index (χ2n) is 12.9. The van der Waals surface area contributed by atoms with Crippen LogP contribution in [0.15, 0.2) is 37.7 Å². The molecule has 5 nitrogen and oxygen atoms in total. The van der Waals surface area contributed by atoms with Crippen molar-refractivity contribution in [3.63, 3.8) is 0 Å². The number of rotatable bonds is 4. The molecule has 2 heterocycles. The number of carbonyl (C=O) groups is 1. The van der Waals surface area contributed by atoms with Crippen molar-refractivity contribution in [2.24, 2.45) is 10.8 Å². The van der Waals surface area contributed by atoms with Gasteiger partial charge in [0, 0.05) is 29.8 Å². The van der Waals surface area contributed by atoms with Gasteiger partial charge in [-0.3, -0.25) is 14.1 Å². The summed E-state index contributed by atoms with van der Waals surface area (Å²) in [5, 5.41) is 9.77. The third kappa shape index (κ3) is 7.47. The fraction of sp³-hybridized carbons (Fsp3) is 0.515. The number of allylic oxidation sites excluding steroid dienone is 2. The van der Waals surface area contributed by atoms with Gasteiger partial charge in [-0.2, -0.15) is 0 Å². The van der Waals surface area contributed by atoms with E-state index in [0.717, 1.165) is 63.9 Å². The standard InChI is InChI=1S/C26H32N2O3S.C5H12.C2H4/c1-15-20(13-22(29)30)23(18-7-10-26(4,5)11-8-18)16(2)24-21-14-27-12-9-19(21)17(3)28(25(15)24)32(6)31;1-5(2,3)4;1-2/h7,9,12,14,17H,8,10-11,13H2,1-6H3,(H,29,30);1-4H3;1-2H2/t17-,32?;;/m1../s1. The summed E-state index contributed by atoms with van der Waals surface area (Å²) in [6.45, 7) is 25.4. The highest BCUT2D eigenvalue weighted by molar-refractivity contribution is 7.85. The molecule has 2 atom stereocenters. The molecule has 1 unspecified atom stereocenters. The zero-order valence-electron chi connectivity index (χ0n) is 25.7. The summed E-state index contributed by atoms with van der Waals surface area (Å²) in [5.74, 6) is -0.847. The fourth-order valence-electron chi connectivity index (χ4n) is 5.41. The molecule has 4 rings (SSSR count). The number of aliphatic carboxylic acids is 1. The second-order valence-corrected chi connectivity index (χ2v) is 14.1. The first-order valence-corrected chi connectivity index (χ1v) is 15.2. The maximum Gasteiger partial charge on any atom is 0.307 e. The van der Waals surface area contributed by atoms with E-state index in [1.54, 1.807) is 12.5 Å². The molecule has 1 aromatic heterocycles. The van der Waals surface area contributed by atoms with Crippen LogP contribution in [0.2, 0.25) is 0 Å². The lowest BCUT2D eigenvalue weighted by molar-refractivity contribution is -0.136. The first-order chi connectivity index (χ1) is 18.0. The second kappa shape index (κ2) is 12.6. The molecule has 2 aromatic rings. The van der Waals surface area contributed by atoms with E-state index in [0.29, 0.717) is 5.41 Å². The highest BCUT2D eigenvalue weighted by atomic mass is 32.2. The Morgan fingerprint density at radius 1 is 1.18 bits per heavy atom. The normalized spacial score (nSPS) is 18.3. The summed E-state index contributed by atoms with van der Waals surface area (Å²) in [7, 11) is -1.26. The lowest BCUT2D eigenvalue weighted by Crippen LogP contribution is -2.33. The molecule has 0 spiro atoms. The van der Waals surface area contributed by atoms with Crippen molar-refractivity contribution in [2.75, 3.05) is 10.6 Å². The van der Waals surface area contributed by atoms with Crippen molar-refractivity contribution in [1.82, 2.24) is 4.98 Å². The molecule has 6 heteroatoms. The molecule has 0 saturated carbocycles. The Labute approximate surface area is 239 Å². The topological polar surface area (TPSA) is 70.5 Å². The van der Waals surface area contributed by atoms with E-state index in [-0.39, 0.29) is 17.9 Å². The lowest BCUT2D eigenvalue weighted by atomic mass is 9.73. The van der Waals surface area contributed by atoms with Crippen molar-refractivity contribution < 1.29 is 14.1 Å². The minimum Gasteiger partial charge on any atom is -0.481 e. The van der Waals surface area contributed by atoms with Crippen molar-refractivity contribution in [3.8, 4) is 11.1 Å². The van der Waals surface area contributed by atoms with Crippen LogP contribution >= 0.6 is 0 Å². The number of hydrogen-bond acceptors (Lipinski definition) is 3. The van der Waals surface area contributed by atoms with E-state index in [2.05, 4.69) is 79.6 Å². The zero-order chi connectivity index (χ0) is 29.9. The molecule has 1 N–H and O–H groups in total. The third-order valence-electron chi connectivity index (χ3n) is 7.14. The number of anilines is 1. The van der Waals surface area contributed by atoms with Crippen molar-refractivity contribution in [1.29, 1.82) is 0 Å². The lowest BCUT2D eigenvalue weighted by Gasteiger charge is -2.40. The minimum atomic E-state index is -1.26. The molecule has 1 aliphatic carbocycles. The summed E-state index contributed by atoms with van der Waals surface area (Å²) < 4.78 is 14.9. The van der Waals surface area contributed by atoms with Crippen molar-refractivity contribution in [3.05, 3.63) is 65.5 Å². The van der Waals surface area contributed by atoms with Gasteiger partial charge in [0.15, 0.2) is 0 Å². The van der Waals surface area contributed by atoms with Gasteiger partial charge < -0.3 is 5.11 Å².